The lowest BCUT2D eigenvalue weighted by molar-refractivity contribution is 0.0978. The molecule has 0 spiro atoms. The molecule has 0 bridgehead atoms. The largest absolute Gasteiger partial charge is 0.332 e. The van der Waals surface area contributed by atoms with Crippen LogP contribution in [0.4, 0.5) is 11.4 Å². The van der Waals surface area contributed by atoms with E-state index < -0.39 is 0 Å². The Hall–Kier alpha value is -3.45. The summed E-state index contributed by atoms with van der Waals surface area (Å²) in [6.07, 6.45) is 0. The van der Waals surface area contributed by atoms with Crippen molar-refractivity contribution in [3.05, 3.63) is 106 Å². The minimum atomic E-state index is -0.342. The van der Waals surface area contributed by atoms with Crippen molar-refractivity contribution in [2.24, 2.45) is 0 Å². The van der Waals surface area contributed by atoms with Gasteiger partial charge in [0.05, 0.1) is 0 Å². The van der Waals surface area contributed by atoms with Crippen molar-refractivity contribution < 1.29 is 9.59 Å². The van der Waals surface area contributed by atoms with Gasteiger partial charge in [-0.05, 0) is 72.2 Å². The lowest BCUT2D eigenvalue weighted by atomic mass is 10.0. The lowest BCUT2D eigenvalue weighted by Crippen LogP contribution is -2.34. The van der Waals surface area contributed by atoms with E-state index in [-0.39, 0.29) is 16.9 Å². The molecular formula is C25H17Cl2N3O2S. The number of fused-ring (bicyclic) bond motifs is 1. The first kappa shape index (κ1) is 22.7. The molecule has 0 aliphatic heterocycles. The van der Waals surface area contributed by atoms with Crippen LogP contribution in [0, 0.1) is 0 Å². The summed E-state index contributed by atoms with van der Waals surface area (Å²) in [5.74, 6) is -0.609. The Bertz CT molecular complexity index is 1370. The second-order valence-corrected chi connectivity index (χ2v) is 8.34. The van der Waals surface area contributed by atoms with Crippen LogP contribution in [0.5, 0.6) is 0 Å². The van der Waals surface area contributed by atoms with E-state index in [1.54, 1.807) is 72.8 Å². The normalized spacial score (nSPS) is 10.5. The summed E-state index contributed by atoms with van der Waals surface area (Å²) in [5, 5.41) is 11.2. The Kier molecular flexibility index (Phi) is 6.89. The maximum absolute atomic E-state index is 12.8. The van der Waals surface area contributed by atoms with E-state index in [1.165, 1.54) is 0 Å². The summed E-state index contributed by atoms with van der Waals surface area (Å²) >= 11 is 17.5. The van der Waals surface area contributed by atoms with Crippen LogP contribution in [0.15, 0.2) is 84.9 Å². The van der Waals surface area contributed by atoms with Gasteiger partial charge in [0.2, 0.25) is 0 Å². The third-order valence-corrected chi connectivity index (χ3v) is 5.60. The van der Waals surface area contributed by atoms with Crippen LogP contribution < -0.4 is 16.0 Å². The van der Waals surface area contributed by atoms with Crippen LogP contribution in [0.2, 0.25) is 10.0 Å². The Labute approximate surface area is 205 Å². The molecule has 3 N–H and O–H groups in total. The van der Waals surface area contributed by atoms with E-state index in [0.717, 1.165) is 10.8 Å². The van der Waals surface area contributed by atoms with Gasteiger partial charge in [-0.3, -0.25) is 14.9 Å². The number of hydrogen-bond acceptors (Lipinski definition) is 3. The number of amides is 2. The summed E-state index contributed by atoms with van der Waals surface area (Å²) in [7, 11) is 0. The summed E-state index contributed by atoms with van der Waals surface area (Å²) < 4.78 is 0. The van der Waals surface area contributed by atoms with Crippen LogP contribution in [-0.4, -0.2) is 16.9 Å². The maximum atomic E-state index is 12.8. The monoisotopic (exact) mass is 493 g/mol. The van der Waals surface area contributed by atoms with Crippen molar-refractivity contribution in [3.63, 3.8) is 0 Å². The van der Waals surface area contributed by atoms with Crippen LogP contribution >= 0.6 is 35.4 Å². The van der Waals surface area contributed by atoms with Gasteiger partial charge in [-0.25, -0.2) is 0 Å². The van der Waals surface area contributed by atoms with E-state index in [4.69, 9.17) is 35.4 Å². The van der Waals surface area contributed by atoms with Gasteiger partial charge >= 0.3 is 0 Å². The Morgan fingerprint density at radius 1 is 0.697 bits per heavy atom. The van der Waals surface area contributed by atoms with Crippen molar-refractivity contribution >= 4 is 74.5 Å². The van der Waals surface area contributed by atoms with E-state index in [1.807, 2.05) is 12.1 Å². The molecule has 0 aromatic heterocycles. The van der Waals surface area contributed by atoms with Gasteiger partial charge in [-0.1, -0.05) is 53.5 Å². The quantitative estimate of drug-likeness (QED) is 0.282. The average molecular weight is 494 g/mol. The van der Waals surface area contributed by atoms with Gasteiger partial charge in [-0.15, -0.1) is 0 Å². The molecule has 0 saturated heterocycles. The lowest BCUT2D eigenvalue weighted by Gasteiger charge is -2.12. The van der Waals surface area contributed by atoms with E-state index >= 15 is 0 Å². The smallest absolute Gasteiger partial charge is 0.258 e. The molecular weight excluding hydrogens is 477 g/mol. The molecule has 33 heavy (non-hydrogen) atoms. The molecule has 0 heterocycles. The summed E-state index contributed by atoms with van der Waals surface area (Å²) in [6, 6.07) is 24.4. The number of carbonyl (C=O) groups excluding carboxylic acids is 2. The number of nitrogens with one attached hydrogen (secondary N) is 3. The van der Waals surface area contributed by atoms with E-state index in [9.17, 15) is 9.59 Å². The minimum absolute atomic E-state index is 0.148. The highest BCUT2D eigenvalue weighted by Gasteiger charge is 2.13. The molecule has 2 amide bonds. The first-order valence-corrected chi connectivity index (χ1v) is 11.0. The summed E-state index contributed by atoms with van der Waals surface area (Å²) in [4.78, 5) is 25.1. The fraction of sp³-hybridized carbons (Fsp3) is 0. The summed E-state index contributed by atoms with van der Waals surface area (Å²) in [6.45, 7) is 0. The topological polar surface area (TPSA) is 70.2 Å². The number of thiocarbonyl (C=S) groups is 1. The van der Waals surface area contributed by atoms with Gasteiger partial charge in [0, 0.05) is 37.9 Å². The molecule has 4 rings (SSSR count). The Morgan fingerprint density at radius 3 is 2.06 bits per heavy atom. The molecule has 0 saturated carbocycles. The fourth-order valence-corrected chi connectivity index (χ4v) is 3.91. The molecule has 8 heteroatoms. The van der Waals surface area contributed by atoms with Crippen molar-refractivity contribution in [2.75, 3.05) is 10.6 Å². The molecule has 0 fully saturated rings. The maximum Gasteiger partial charge on any atom is 0.258 e. The van der Waals surface area contributed by atoms with Crippen LogP contribution in [-0.2, 0) is 0 Å². The molecule has 0 aliphatic rings. The Morgan fingerprint density at radius 2 is 1.33 bits per heavy atom. The van der Waals surface area contributed by atoms with Crippen LogP contribution in [0.1, 0.15) is 20.7 Å². The van der Waals surface area contributed by atoms with Crippen molar-refractivity contribution in [1.82, 2.24) is 5.32 Å². The number of halogens is 2. The van der Waals surface area contributed by atoms with Gasteiger partial charge < -0.3 is 10.6 Å². The zero-order valence-corrected chi connectivity index (χ0v) is 19.4. The molecule has 0 atom stereocenters. The standard InChI is InChI=1S/C25H17Cl2N3O2S/c26-16-5-1-4-15(14-16)23(31)28-17-10-12-18(13-11-17)29-25(33)30-24(32)21-8-2-7-20-19(21)6-3-9-22(20)27/h1-14H,(H,28,31)(H2,29,30,32,33). The zero-order chi connectivity index (χ0) is 23.4. The number of carbonyl (C=O) groups is 2. The first-order valence-electron chi connectivity index (χ1n) is 9.87. The third-order valence-electron chi connectivity index (χ3n) is 4.83. The fourth-order valence-electron chi connectivity index (χ4n) is 3.27. The second kappa shape index (κ2) is 10.0. The number of anilines is 2. The van der Waals surface area contributed by atoms with E-state index in [0.29, 0.717) is 32.5 Å². The third kappa shape index (κ3) is 5.49. The predicted octanol–water partition coefficient (Wildman–Crippen LogP) is 6.53. The first-order chi connectivity index (χ1) is 15.9. The van der Waals surface area contributed by atoms with Crippen molar-refractivity contribution in [2.45, 2.75) is 0 Å². The SMILES string of the molecule is O=C(Nc1ccc(NC(=S)NC(=O)c2cccc3c(Cl)cccc23)cc1)c1cccc(Cl)c1. The van der Waals surface area contributed by atoms with Gasteiger partial charge in [-0.2, -0.15) is 0 Å². The Balaban J connectivity index is 1.39. The highest BCUT2D eigenvalue weighted by molar-refractivity contribution is 7.80. The van der Waals surface area contributed by atoms with Crippen molar-refractivity contribution in [3.8, 4) is 0 Å². The molecule has 164 valence electrons. The van der Waals surface area contributed by atoms with Gasteiger partial charge in [0.25, 0.3) is 11.8 Å². The summed E-state index contributed by atoms with van der Waals surface area (Å²) in [5.41, 5.74) is 2.19. The molecule has 0 aliphatic carbocycles. The van der Waals surface area contributed by atoms with Crippen molar-refractivity contribution in [1.29, 1.82) is 0 Å². The van der Waals surface area contributed by atoms with Crippen LogP contribution in [0.25, 0.3) is 10.8 Å². The highest BCUT2D eigenvalue weighted by Crippen LogP contribution is 2.26. The highest BCUT2D eigenvalue weighted by atomic mass is 35.5. The van der Waals surface area contributed by atoms with Crippen LogP contribution in [0.3, 0.4) is 0 Å². The van der Waals surface area contributed by atoms with E-state index in [2.05, 4.69) is 16.0 Å². The molecule has 0 radical (unpaired) electrons. The second-order valence-electron chi connectivity index (χ2n) is 7.09. The predicted molar refractivity (Wildman–Crippen MR) is 138 cm³/mol. The zero-order valence-electron chi connectivity index (χ0n) is 17.1. The average Bonchev–Trinajstić information content (AvgIpc) is 2.80. The minimum Gasteiger partial charge on any atom is -0.332 e. The number of hydrogen-bond donors (Lipinski definition) is 3. The number of benzene rings is 4. The molecule has 5 nitrogen and oxygen atoms in total. The van der Waals surface area contributed by atoms with Gasteiger partial charge in [0.1, 0.15) is 0 Å². The molecule has 4 aromatic rings. The molecule has 4 aromatic carbocycles. The van der Waals surface area contributed by atoms with Gasteiger partial charge in [0.15, 0.2) is 5.11 Å². The molecule has 0 unspecified atom stereocenters. The number of rotatable bonds is 4.